The van der Waals surface area contributed by atoms with Crippen LogP contribution < -0.4 is 42.1 Å². The second-order valence-corrected chi connectivity index (χ2v) is 37.7. The van der Waals surface area contributed by atoms with Gasteiger partial charge in [-0.05, 0) is 219 Å². The standard InChI is InChI=1S/C24H22F2N4O2.C23H25N5O.C22H15F2N5O.C21H21N5O.C19H17N5O/c25-24(26)12-18(24)21(31)10-14-1-3-17-15(9-14)13-27-22(17)23-28-19-4-2-16(11-20(19)29-23)30-5-7-32-8-6-30;1-23(9-11-28(2)12-10-23)22(29)25-16-8-7-15-14-24-20(17(15)13-16)21-26-18-5-3-4-6-19(18)27-21;23-13-6-8-17(16(24)9-13)29-22(30)26-14-7-5-12-11-25-20(15(12)10-14)21-27-18-3-1-2-4-19(18)28-21;27-21(23-14-5-1-2-6-14)24-15-10-9-13-12-22-19(16(13)11-15)20-25-17-7-3-4-8-18(17)26-20;25-19(21-12-7-8-12)22-13-6-5-11-10-20-17(14(11)9-13)18-23-15-3-1-2-4-16(15)24-18/h1-4,9,11,18H,5-8,10,12-13H2,(H,28,29);3-8,13H,9-12,14H2,1-2H3,(H,25,29)(H,26,27);1-10H,11H2,(H,27,28)(H2,26,29,30);3-4,7-11,14H,1-2,5-6,12H2,(H,25,26)(H2,23,24,27);1-6,9,12H,7-8,10H2,(H,23,24)(H2,21,22,25). The number of morpholine rings is 1. The number of likely N-dealkylation sites (tertiary alicyclic amines) is 1. The molecule has 5 fully saturated rings. The van der Waals surface area contributed by atoms with Crippen LogP contribution in [0, 0.1) is 23.0 Å². The lowest BCUT2D eigenvalue weighted by atomic mass is 9.79. The zero-order chi connectivity index (χ0) is 97.6. The van der Waals surface area contributed by atoms with Gasteiger partial charge in [0.05, 0.1) is 113 Å². The molecule has 7 aliphatic heterocycles. The van der Waals surface area contributed by atoms with E-state index < -0.39 is 29.5 Å². The Morgan fingerprint density at radius 1 is 0.406 bits per heavy atom. The van der Waals surface area contributed by atoms with Crippen LogP contribution in [0.5, 0.6) is 0 Å². The first-order valence-corrected chi connectivity index (χ1v) is 48.2. The molecule has 3 aliphatic carbocycles. The number of imidazole rings is 5. The van der Waals surface area contributed by atoms with E-state index in [-0.39, 0.29) is 47.7 Å². The summed E-state index contributed by atoms with van der Waals surface area (Å²) in [6.07, 6.45) is 8.16. The van der Waals surface area contributed by atoms with Crippen molar-refractivity contribution in [2.24, 2.45) is 36.3 Å². The average molecular weight is 1920 g/mol. The van der Waals surface area contributed by atoms with Crippen LogP contribution in [0.25, 0.3) is 55.2 Å². The van der Waals surface area contributed by atoms with Crippen molar-refractivity contribution in [3.8, 4) is 0 Å². The molecule has 10 aliphatic rings. The van der Waals surface area contributed by atoms with E-state index in [1.165, 1.54) is 18.9 Å². The normalized spacial score (nSPS) is 17.0. The van der Waals surface area contributed by atoms with E-state index in [1.807, 2.05) is 176 Å². The summed E-state index contributed by atoms with van der Waals surface area (Å²) < 4.78 is 58.5. The maximum absolute atomic E-state index is 13.7. The largest absolute Gasteiger partial charge is 0.378 e. The fraction of sp³-hybridized carbons (Fsp3) is 0.257. The third-order valence-corrected chi connectivity index (χ3v) is 27.5. The molecular formula is C109H100F4N24O6. The van der Waals surface area contributed by atoms with Crippen LogP contribution >= 0.6 is 0 Å². The number of anilines is 6. The zero-order valence-corrected chi connectivity index (χ0v) is 78.3. The van der Waals surface area contributed by atoms with Gasteiger partial charge in [0.15, 0.2) is 29.1 Å². The average Bonchev–Trinajstić information content (AvgIpc) is 1.63. The van der Waals surface area contributed by atoms with Gasteiger partial charge in [0, 0.05) is 106 Å². The van der Waals surface area contributed by atoms with E-state index in [0.717, 1.165) is 269 Å². The number of hydrogen-bond donors (Lipinski definition) is 12. The number of Topliss-reactive ketones (excluding diaryl/α,β-unsaturated/α-hetero) is 1. The number of aromatic nitrogens is 10. The molecule has 16 aromatic rings. The third kappa shape index (κ3) is 20.1. The maximum Gasteiger partial charge on any atom is 0.323 e. The van der Waals surface area contributed by atoms with Crippen LogP contribution in [0.2, 0.25) is 0 Å². The number of halogens is 4. The highest BCUT2D eigenvalue weighted by molar-refractivity contribution is 6.19. The lowest BCUT2D eigenvalue weighted by Gasteiger charge is -2.36. The van der Waals surface area contributed by atoms with E-state index >= 15 is 0 Å². The van der Waals surface area contributed by atoms with Gasteiger partial charge in [-0.25, -0.2) is 56.9 Å². The van der Waals surface area contributed by atoms with Crippen molar-refractivity contribution in [3.05, 3.63) is 326 Å². The monoisotopic (exact) mass is 1920 g/mol. The molecule has 0 bridgehead atoms. The number of para-hydroxylation sites is 8. The highest BCUT2D eigenvalue weighted by Gasteiger charge is 2.60. The summed E-state index contributed by atoms with van der Waals surface area (Å²) >= 11 is 0. The molecule has 12 N–H and O–H groups in total. The third-order valence-electron chi connectivity index (χ3n) is 27.5. The molecule has 0 radical (unpaired) electrons. The number of piperidine rings is 1. The van der Waals surface area contributed by atoms with Crippen molar-refractivity contribution in [2.75, 3.05) is 77.9 Å². The number of H-pyrrole nitrogens is 5. The van der Waals surface area contributed by atoms with Crippen LogP contribution in [0.4, 0.5) is 66.1 Å². The number of amides is 7. The molecule has 2 saturated heterocycles. The first kappa shape index (κ1) is 91.6. The highest BCUT2D eigenvalue weighted by atomic mass is 19.3. The fourth-order valence-corrected chi connectivity index (χ4v) is 19.2. The number of ketones is 1. The molecule has 5 aromatic heterocycles. The van der Waals surface area contributed by atoms with E-state index in [2.05, 4.69) is 139 Å². The van der Waals surface area contributed by atoms with Gasteiger partial charge in [-0.2, -0.15) is 0 Å². The predicted octanol–water partition coefficient (Wildman–Crippen LogP) is 19.1. The first-order valence-electron chi connectivity index (χ1n) is 48.2. The van der Waals surface area contributed by atoms with Crippen LogP contribution in [-0.2, 0) is 53.5 Å². The second kappa shape index (κ2) is 38.9. The van der Waals surface area contributed by atoms with E-state index in [0.29, 0.717) is 68.2 Å². The minimum atomic E-state index is -2.81. The molecule has 11 aromatic carbocycles. The molecule has 143 heavy (non-hydrogen) atoms. The lowest BCUT2D eigenvalue weighted by Crippen LogP contribution is -2.43. The Morgan fingerprint density at radius 3 is 1.23 bits per heavy atom. The summed E-state index contributed by atoms with van der Waals surface area (Å²) in [6.45, 7) is 10.1. The van der Waals surface area contributed by atoms with Crippen LogP contribution in [0.15, 0.2) is 249 Å². The topological polar surface area (TPSA) is 390 Å². The molecule has 12 heterocycles. The molecule has 34 heteroatoms. The first-order chi connectivity index (χ1) is 69.6. The maximum atomic E-state index is 13.7. The summed E-state index contributed by atoms with van der Waals surface area (Å²) in [5.41, 5.74) is 28.1. The summed E-state index contributed by atoms with van der Waals surface area (Å²) in [5, 5.41) is 20.0. The lowest BCUT2D eigenvalue weighted by molar-refractivity contribution is -0.127. The number of carbonyl (C=O) groups is 5. The van der Waals surface area contributed by atoms with E-state index in [4.69, 9.17) is 19.7 Å². The summed E-state index contributed by atoms with van der Waals surface area (Å²) in [5.74, 6) is -2.10. The Labute approximate surface area is 817 Å². The van der Waals surface area contributed by atoms with Crippen molar-refractivity contribution in [1.82, 2.24) is 65.4 Å². The van der Waals surface area contributed by atoms with E-state index in [9.17, 15) is 41.5 Å². The van der Waals surface area contributed by atoms with Crippen molar-refractivity contribution < 1.29 is 46.3 Å². The van der Waals surface area contributed by atoms with Gasteiger partial charge < -0.3 is 76.7 Å². The SMILES string of the molecule is CN1CCC(C)(C(=O)Nc2ccc3c(c2)C(c2nc4ccccc4[nH]2)=NC3)CC1.O=C(Cc1ccc2c(c1)CN=C2c1nc2ccc(N3CCOCC3)cc2[nH]1)C1CC1(F)F.O=C(Nc1ccc2c(c1)C(c1nc3ccccc3[nH]1)=NC2)NC1CC1.O=C(Nc1ccc2c(c1)C(c1nc3ccccc3[nH]1)=NC2)NC1CCCC1.O=C(Nc1ccc2c(c1)C(c1nc3ccccc3[nH]1)=NC2)Nc1ccc(F)cc1F. The number of nitrogens with one attached hydrogen (secondary N) is 12. The Kier molecular flexibility index (Phi) is 24.9. The van der Waals surface area contributed by atoms with Crippen molar-refractivity contribution in [2.45, 2.75) is 122 Å². The van der Waals surface area contributed by atoms with Crippen molar-refractivity contribution >= 4 is 148 Å². The minimum absolute atomic E-state index is 0.0395. The second-order valence-electron chi connectivity index (χ2n) is 37.7. The number of alkyl halides is 2. The van der Waals surface area contributed by atoms with Gasteiger partial charge in [-0.15, -0.1) is 0 Å². The van der Waals surface area contributed by atoms with Crippen LogP contribution in [0.3, 0.4) is 0 Å². The Balaban J connectivity index is 0.000000102. The molecule has 1 atom stereocenters. The number of urea groups is 3. The van der Waals surface area contributed by atoms with Gasteiger partial charge in [0.25, 0.3) is 5.92 Å². The number of aromatic amines is 5. The quantitative estimate of drug-likeness (QED) is 0.0378. The summed E-state index contributed by atoms with van der Waals surface area (Å²) in [6, 6.07) is 69.4. The fourth-order valence-electron chi connectivity index (χ4n) is 19.2. The predicted molar refractivity (Wildman–Crippen MR) is 546 cm³/mol. The Bertz CT molecular complexity index is 7760. The number of rotatable bonds is 17. The number of carbonyl (C=O) groups excluding carboxylic acids is 5. The number of nitrogens with zero attached hydrogens (tertiary/aromatic N) is 12. The molecule has 1 unspecified atom stereocenters. The smallest absolute Gasteiger partial charge is 0.323 e. The number of ether oxygens (including phenoxy) is 1. The van der Waals surface area contributed by atoms with Crippen LogP contribution in [-0.4, -0.2) is 178 Å². The Hall–Kier alpha value is -16.5. The molecular weight excluding hydrogens is 1820 g/mol. The number of benzene rings is 11. The summed E-state index contributed by atoms with van der Waals surface area (Å²) in [4.78, 5) is 129. The van der Waals surface area contributed by atoms with Gasteiger partial charge in [0.1, 0.15) is 46.0 Å². The molecule has 26 rings (SSSR count). The van der Waals surface area contributed by atoms with Gasteiger partial charge in [-0.1, -0.05) is 111 Å². The number of hydrogen-bond acceptors (Lipinski definition) is 18. The molecule has 720 valence electrons. The summed E-state index contributed by atoms with van der Waals surface area (Å²) in [7, 11) is 2.11. The molecule has 7 amide bonds. The minimum Gasteiger partial charge on any atom is -0.378 e. The van der Waals surface area contributed by atoms with Crippen molar-refractivity contribution in [3.63, 3.8) is 0 Å². The molecule has 30 nitrogen and oxygen atoms in total. The highest BCUT2D eigenvalue weighted by Crippen LogP contribution is 2.50. The molecule has 3 saturated carbocycles. The molecule has 0 spiro atoms. The number of fused-ring (bicyclic) bond motifs is 10. The van der Waals surface area contributed by atoms with Crippen LogP contribution in [0.1, 0.15) is 155 Å². The Morgan fingerprint density at radius 2 is 0.804 bits per heavy atom. The zero-order valence-electron chi connectivity index (χ0n) is 78.3. The van der Waals surface area contributed by atoms with Gasteiger partial charge in [-0.3, -0.25) is 34.6 Å². The van der Waals surface area contributed by atoms with Gasteiger partial charge in [0.2, 0.25) is 5.91 Å². The van der Waals surface area contributed by atoms with Crippen molar-refractivity contribution in [1.29, 1.82) is 0 Å². The van der Waals surface area contributed by atoms with E-state index in [1.54, 1.807) is 12.1 Å². The number of aliphatic imine (C=N–C) groups is 5. The van der Waals surface area contributed by atoms with Gasteiger partial charge >= 0.3 is 18.1 Å².